The van der Waals surface area contributed by atoms with Crippen molar-refractivity contribution in [1.29, 1.82) is 0 Å². The van der Waals surface area contributed by atoms with Gasteiger partial charge in [-0.05, 0) is 17.7 Å². The minimum atomic E-state index is -4.39. The first-order chi connectivity index (χ1) is 7.50. The maximum Gasteiger partial charge on any atom is 0.433 e. The lowest BCUT2D eigenvalue weighted by Crippen LogP contribution is -2.07. The lowest BCUT2D eigenvalue weighted by atomic mass is 10.1. The number of alkyl halides is 4. The van der Waals surface area contributed by atoms with Gasteiger partial charge >= 0.3 is 6.18 Å². The molecule has 16 heavy (non-hydrogen) atoms. The van der Waals surface area contributed by atoms with Crippen LogP contribution < -0.4 is 0 Å². The highest BCUT2D eigenvalue weighted by Crippen LogP contribution is 2.29. The fourth-order valence-corrected chi connectivity index (χ4v) is 1.75. The van der Waals surface area contributed by atoms with Gasteiger partial charge in [0.2, 0.25) is 0 Å². The van der Waals surface area contributed by atoms with Crippen molar-refractivity contribution in [3.8, 4) is 0 Å². The average molecular weight is 290 g/mol. The number of hydrogen-bond donors (Lipinski definition) is 0. The quantitative estimate of drug-likeness (QED) is 0.719. The SMILES string of the molecule is FC(F)(F)c1ccc2ccc(CBr)cc2n1. The van der Waals surface area contributed by atoms with Crippen LogP contribution in [-0.2, 0) is 11.5 Å². The van der Waals surface area contributed by atoms with Crippen molar-refractivity contribution in [1.82, 2.24) is 4.98 Å². The Morgan fingerprint density at radius 1 is 1.12 bits per heavy atom. The highest BCUT2D eigenvalue weighted by atomic mass is 79.9. The monoisotopic (exact) mass is 289 g/mol. The van der Waals surface area contributed by atoms with Crippen molar-refractivity contribution in [2.75, 3.05) is 0 Å². The molecule has 1 aromatic heterocycles. The first-order valence-corrected chi connectivity index (χ1v) is 5.66. The number of hydrogen-bond acceptors (Lipinski definition) is 1. The summed E-state index contributed by atoms with van der Waals surface area (Å²) < 4.78 is 37.3. The van der Waals surface area contributed by atoms with E-state index in [4.69, 9.17) is 0 Å². The van der Waals surface area contributed by atoms with E-state index in [1.807, 2.05) is 6.07 Å². The molecule has 0 bridgehead atoms. The first-order valence-electron chi connectivity index (χ1n) is 4.53. The highest BCUT2D eigenvalue weighted by molar-refractivity contribution is 9.08. The van der Waals surface area contributed by atoms with Gasteiger partial charge in [0.15, 0.2) is 0 Å². The molecule has 84 valence electrons. The van der Waals surface area contributed by atoms with Crippen LogP contribution in [0.5, 0.6) is 0 Å². The molecule has 0 aliphatic heterocycles. The summed E-state index contributed by atoms with van der Waals surface area (Å²) in [6.07, 6.45) is -4.39. The van der Waals surface area contributed by atoms with Crippen molar-refractivity contribution < 1.29 is 13.2 Å². The van der Waals surface area contributed by atoms with Gasteiger partial charge in [0.1, 0.15) is 5.69 Å². The molecule has 0 saturated carbocycles. The number of pyridine rings is 1. The minimum absolute atomic E-state index is 0.367. The van der Waals surface area contributed by atoms with E-state index in [1.54, 1.807) is 12.1 Å². The van der Waals surface area contributed by atoms with Gasteiger partial charge in [0.25, 0.3) is 0 Å². The number of aromatic nitrogens is 1. The summed E-state index contributed by atoms with van der Waals surface area (Å²) in [6, 6.07) is 7.70. The Labute approximate surface area is 98.4 Å². The Bertz CT molecular complexity index is 522. The molecule has 0 spiro atoms. The molecule has 1 aromatic carbocycles. The van der Waals surface area contributed by atoms with Crippen LogP contribution in [0, 0.1) is 0 Å². The van der Waals surface area contributed by atoms with Crippen LogP contribution in [0.15, 0.2) is 30.3 Å². The normalized spacial score (nSPS) is 12.0. The lowest BCUT2D eigenvalue weighted by Gasteiger charge is -2.07. The third kappa shape index (κ3) is 2.19. The molecule has 2 rings (SSSR count). The van der Waals surface area contributed by atoms with Crippen molar-refractivity contribution in [2.45, 2.75) is 11.5 Å². The molecule has 0 aliphatic rings. The predicted molar refractivity (Wildman–Crippen MR) is 59.4 cm³/mol. The van der Waals surface area contributed by atoms with Gasteiger partial charge in [-0.2, -0.15) is 13.2 Å². The number of fused-ring (bicyclic) bond motifs is 1. The molecule has 5 heteroatoms. The minimum Gasteiger partial charge on any atom is -0.243 e. The Kier molecular flexibility index (Phi) is 2.88. The summed E-state index contributed by atoms with van der Waals surface area (Å²) in [5, 5.41) is 1.30. The molecule has 0 fully saturated rings. The van der Waals surface area contributed by atoms with Crippen LogP contribution >= 0.6 is 15.9 Å². The van der Waals surface area contributed by atoms with E-state index in [0.29, 0.717) is 16.2 Å². The van der Waals surface area contributed by atoms with Crippen LogP contribution in [-0.4, -0.2) is 4.98 Å². The Morgan fingerprint density at radius 3 is 2.44 bits per heavy atom. The van der Waals surface area contributed by atoms with Gasteiger partial charge < -0.3 is 0 Å². The smallest absolute Gasteiger partial charge is 0.243 e. The zero-order valence-electron chi connectivity index (χ0n) is 8.05. The third-order valence-electron chi connectivity index (χ3n) is 2.20. The van der Waals surface area contributed by atoms with Gasteiger partial charge in [-0.3, -0.25) is 0 Å². The lowest BCUT2D eigenvalue weighted by molar-refractivity contribution is -0.140. The van der Waals surface area contributed by atoms with Crippen LogP contribution in [0.25, 0.3) is 10.9 Å². The topological polar surface area (TPSA) is 12.9 Å². The second-order valence-electron chi connectivity index (χ2n) is 3.35. The number of rotatable bonds is 1. The summed E-state index contributed by atoms with van der Waals surface area (Å²) in [7, 11) is 0. The maximum atomic E-state index is 12.4. The second-order valence-corrected chi connectivity index (χ2v) is 3.92. The van der Waals surface area contributed by atoms with E-state index in [0.717, 1.165) is 11.6 Å². The predicted octanol–water partition coefficient (Wildman–Crippen LogP) is 4.15. The van der Waals surface area contributed by atoms with Gasteiger partial charge in [-0.25, -0.2) is 4.98 Å². The van der Waals surface area contributed by atoms with Crippen molar-refractivity contribution in [3.63, 3.8) is 0 Å². The Morgan fingerprint density at radius 2 is 1.81 bits per heavy atom. The number of benzene rings is 1. The molecule has 0 amide bonds. The number of nitrogens with zero attached hydrogens (tertiary/aromatic N) is 1. The molecule has 0 saturated heterocycles. The van der Waals surface area contributed by atoms with E-state index < -0.39 is 11.9 Å². The molecular formula is C11H7BrF3N. The van der Waals surface area contributed by atoms with E-state index >= 15 is 0 Å². The van der Waals surface area contributed by atoms with Gasteiger partial charge in [0.05, 0.1) is 5.52 Å². The van der Waals surface area contributed by atoms with E-state index in [9.17, 15) is 13.2 Å². The number of halogens is 4. The molecule has 0 unspecified atom stereocenters. The third-order valence-corrected chi connectivity index (χ3v) is 2.85. The maximum absolute atomic E-state index is 12.4. The fourth-order valence-electron chi connectivity index (χ4n) is 1.40. The van der Waals surface area contributed by atoms with Crippen LogP contribution in [0.2, 0.25) is 0 Å². The van der Waals surface area contributed by atoms with Crippen molar-refractivity contribution >= 4 is 26.8 Å². The summed E-state index contributed by atoms with van der Waals surface area (Å²) in [5.74, 6) is 0. The van der Waals surface area contributed by atoms with Gasteiger partial charge in [-0.1, -0.05) is 34.1 Å². The molecule has 0 aliphatic carbocycles. The van der Waals surface area contributed by atoms with Crippen molar-refractivity contribution in [2.24, 2.45) is 0 Å². The van der Waals surface area contributed by atoms with Crippen LogP contribution in [0.1, 0.15) is 11.3 Å². The molecular weight excluding hydrogens is 283 g/mol. The second kappa shape index (κ2) is 4.05. The Balaban J connectivity index is 2.59. The summed E-state index contributed by atoms with van der Waals surface area (Å²) in [6.45, 7) is 0. The molecule has 0 N–H and O–H groups in total. The average Bonchev–Trinajstić information content (AvgIpc) is 2.26. The van der Waals surface area contributed by atoms with E-state index in [2.05, 4.69) is 20.9 Å². The fraction of sp³-hybridized carbons (Fsp3) is 0.182. The van der Waals surface area contributed by atoms with E-state index in [-0.39, 0.29) is 0 Å². The molecule has 0 atom stereocenters. The van der Waals surface area contributed by atoms with Gasteiger partial charge in [-0.15, -0.1) is 0 Å². The first kappa shape index (κ1) is 11.4. The highest BCUT2D eigenvalue weighted by Gasteiger charge is 2.32. The molecule has 1 heterocycles. The van der Waals surface area contributed by atoms with E-state index in [1.165, 1.54) is 6.07 Å². The van der Waals surface area contributed by atoms with Crippen molar-refractivity contribution in [3.05, 3.63) is 41.6 Å². The molecule has 1 nitrogen and oxygen atoms in total. The molecule has 2 aromatic rings. The zero-order chi connectivity index (χ0) is 11.8. The van der Waals surface area contributed by atoms with Crippen LogP contribution in [0.4, 0.5) is 13.2 Å². The zero-order valence-corrected chi connectivity index (χ0v) is 9.64. The van der Waals surface area contributed by atoms with Crippen LogP contribution in [0.3, 0.4) is 0 Å². The summed E-state index contributed by atoms with van der Waals surface area (Å²) in [5.41, 5.74) is 0.415. The largest absolute Gasteiger partial charge is 0.433 e. The standard InChI is InChI=1S/C11H7BrF3N/c12-6-7-1-2-8-3-4-10(11(13,14)15)16-9(8)5-7/h1-5H,6H2. The molecule has 0 radical (unpaired) electrons. The Hall–Kier alpha value is -1.10. The van der Waals surface area contributed by atoms with Gasteiger partial charge in [0, 0.05) is 10.7 Å². The summed E-state index contributed by atoms with van der Waals surface area (Å²) in [4.78, 5) is 3.61. The summed E-state index contributed by atoms with van der Waals surface area (Å²) >= 11 is 3.25.